The van der Waals surface area contributed by atoms with E-state index < -0.39 is 17.9 Å². The van der Waals surface area contributed by atoms with Crippen LogP contribution in [-0.2, 0) is 4.79 Å². The highest BCUT2D eigenvalue weighted by Gasteiger charge is 2.24. The number of amides is 1. The summed E-state index contributed by atoms with van der Waals surface area (Å²) in [6.45, 7) is 5.16. The molecule has 0 aliphatic rings. The number of carbonyl (C=O) groups excluding carboxylic acids is 1. The summed E-state index contributed by atoms with van der Waals surface area (Å²) in [7, 11) is 0. The predicted octanol–water partition coefficient (Wildman–Crippen LogP) is 1.88. The maximum absolute atomic E-state index is 11.9. The van der Waals surface area contributed by atoms with Crippen LogP contribution in [0.4, 0.5) is 0 Å². The highest BCUT2D eigenvalue weighted by molar-refractivity contribution is 6.29. The number of aliphatic carboxylic acids is 1. The Labute approximate surface area is 110 Å². The summed E-state index contributed by atoms with van der Waals surface area (Å²) in [5.74, 6) is -1.73. The lowest BCUT2D eigenvalue weighted by molar-refractivity contribution is -0.140. The van der Waals surface area contributed by atoms with Crippen molar-refractivity contribution < 1.29 is 14.7 Å². The van der Waals surface area contributed by atoms with Crippen LogP contribution in [0.2, 0.25) is 5.15 Å². The molecule has 1 aromatic heterocycles. The summed E-state index contributed by atoms with van der Waals surface area (Å²) >= 11 is 5.75. The maximum Gasteiger partial charge on any atom is 0.326 e. The van der Waals surface area contributed by atoms with Crippen molar-refractivity contribution in [3.8, 4) is 0 Å². The molecule has 0 aliphatic heterocycles. The van der Waals surface area contributed by atoms with Crippen LogP contribution >= 0.6 is 11.6 Å². The number of carboxylic acid groups (broad SMARTS) is 1. The van der Waals surface area contributed by atoms with Gasteiger partial charge in [0.25, 0.3) is 5.91 Å². The number of carbonyl (C=O) groups is 2. The number of pyridine rings is 1. The molecule has 0 radical (unpaired) electrons. The number of aryl methyl sites for hydroxylation is 1. The summed E-state index contributed by atoms with van der Waals surface area (Å²) in [5, 5.41) is 11.7. The molecule has 0 fully saturated rings. The third-order valence-electron chi connectivity index (χ3n) is 2.40. The fourth-order valence-electron chi connectivity index (χ4n) is 1.50. The zero-order valence-electron chi connectivity index (χ0n) is 10.4. The van der Waals surface area contributed by atoms with Gasteiger partial charge in [-0.3, -0.25) is 4.79 Å². The summed E-state index contributed by atoms with van der Waals surface area (Å²) in [4.78, 5) is 26.8. The molecule has 2 N–H and O–H groups in total. The Morgan fingerprint density at radius 3 is 2.44 bits per heavy atom. The zero-order chi connectivity index (χ0) is 13.9. The molecule has 1 atom stereocenters. The van der Waals surface area contributed by atoms with Crippen LogP contribution in [0, 0.1) is 12.8 Å². The van der Waals surface area contributed by atoms with E-state index >= 15 is 0 Å². The number of hydrogen-bond donors (Lipinski definition) is 2. The van der Waals surface area contributed by atoms with Gasteiger partial charge in [-0.15, -0.1) is 0 Å². The lowest BCUT2D eigenvalue weighted by Gasteiger charge is -2.18. The van der Waals surface area contributed by atoms with Crippen molar-refractivity contribution in [3.05, 3.63) is 28.5 Å². The van der Waals surface area contributed by atoms with Gasteiger partial charge in [0.2, 0.25) is 0 Å². The third kappa shape index (κ3) is 3.70. The summed E-state index contributed by atoms with van der Waals surface area (Å²) in [5.41, 5.74) is 0.906. The van der Waals surface area contributed by atoms with Crippen LogP contribution < -0.4 is 5.32 Å². The lowest BCUT2D eigenvalue weighted by Crippen LogP contribution is -2.44. The monoisotopic (exact) mass is 270 g/mol. The fourth-order valence-corrected chi connectivity index (χ4v) is 1.75. The largest absolute Gasteiger partial charge is 0.480 e. The second-order valence-corrected chi connectivity index (χ2v) is 4.74. The van der Waals surface area contributed by atoms with Gasteiger partial charge in [0.1, 0.15) is 11.2 Å². The topological polar surface area (TPSA) is 79.3 Å². The van der Waals surface area contributed by atoms with Crippen LogP contribution in [-0.4, -0.2) is 28.0 Å². The quantitative estimate of drug-likeness (QED) is 0.819. The number of nitrogens with zero attached hydrogens (tertiary/aromatic N) is 1. The number of rotatable bonds is 4. The van der Waals surface area contributed by atoms with Crippen molar-refractivity contribution in [2.45, 2.75) is 26.8 Å². The van der Waals surface area contributed by atoms with Crippen LogP contribution in [0.5, 0.6) is 0 Å². The molecule has 6 heteroatoms. The molecule has 0 aromatic carbocycles. The van der Waals surface area contributed by atoms with Crippen LogP contribution in [0.1, 0.15) is 29.9 Å². The number of hydrogen-bond acceptors (Lipinski definition) is 3. The first-order valence-electron chi connectivity index (χ1n) is 5.49. The number of nitrogens with one attached hydrogen (secondary N) is 1. The van der Waals surface area contributed by atoms with Gasteiger partial charge in [0.05, 0.1) is 0 Å². The Morgan fingerprint density at radius 1 is 1.39 bits per heavy atom. The Hall–Kier alpha value is -1.62. The molecule has 0 unspecified atom stereocenters. The van der Waals surface area contributed by atoms with Gasteiger partial charge in [0, 0.05) is 11.3 Å². The van der Waals surface area contributed by atoms with Crippen molar-refractivity contribution in [1.29, 1.82) is 0 Å². The van der Waals surface area contributed by atoms with E-state index in [0.717, 1.165) is 0 Å². The minimum absolute atomic E-state index is 0.204. The molecule has 0 bridgehead atoms. The standard InChI is InChI=1S/C12H15ClN2O3/c1-6(2)10(12(17)18)15-11(16)8-4-7(3)14-9(13)5-8/h4-6,10H,1-3H3,(H,15,16)(H,17,18)/t10-/m0/s1. The van der Waals surface area contributed by atoms with Gasteiger partial charge in [-0.2, -0.15) is 0 Å². The summed E-state index contributed by atoms with van der Waals surface area (Å²) in [6, 6.07) is 2.04. The van der Waals surface area contributed by atoms with E-state index in [2.05, 4.69) is 10.3 Å². The van der Waals surface area contributed by atoms with Gasteiger partial charge < -0.3 is 10.4 Å². The van der Waals surface area contributed by atoms with Gasteiger partial charge in [-0.1, -0.05) is 25.4 Å². The van der Waals surface area contributed by atoms with Crippen molar-refractivity contribution in [2.24, 2.45) is 5.92 Å². The number of aromatic nitrogens is 1. The average molecular weight is 271 g/mol. The van der Waals surface area contributed by atoms with Crippen LogP contribution in [0.15, 0.2) is 12.1 Å². The highest BCUT2D eigenvalue weighted by atomic mass is 35.5. The van der Waals surface area contributed by atoms with Crippen LogP contribution in [0.3, 0.4) is 0 Å². The molecule has 0 spiro atoms. The minimum atomic E-state index is -1.06. The first-order valence-corrected chi connectivity index (χ1v) is 5.87. The lowest BCUT2D eigenvalue weighted by atomic mass is 10.0. The van der Waals surface area contributed by atoms with Gasteiger partial charge >= 0.3 is 5.97 Å². The molecule has 98 valence electrons. The van der Waals surface area contributed by atoms with Gasteiger partial charge in [0.15, 0.2) is 0 Å². The molecular formula is C12H15ClN2O3. The van der Waals surface area contributed by atoms with Crippen molar-refractivity contribution in [2.75, 3.05) is 0 Å². The number of carboxylic acids is 1. The minimum Gasteiger partial charge on any atom is -0.480 e. The molecule has 0 aliphatic carbocycles. The Morgan fingerprint density at radius 2 is 2.00 bits per heavy atom. The van der Waals surface area contributed by atoms with Crippen molar-refractivity contribution >= 4 is 23.5 Å². The van der Waals surface area contributed by atoms with Gasteiger partial charge in [-0.25, -0.2) is 9.78 Å². The van der Waals surface area contributed by atoms with E-state index in [0.29, 0.717) is 11.3 Å². The first-order chi connectivity index (χ1) is 8.31. The molecule has 5 nitrogen and oxygen atoms in total. The smallest absolute Gasteiger partial charge is 0.326 e. The summed E-state index contributed by atoms with van der Waals surface area (Å²) in [6.07, 6.45) is 0. The molecular weight excluding hydrogens is 256 g/mol. The molecule has 1 heterocycles. The Bertz CT molecular complexity index is 454. The molecule has 1 amide bonds. The molecule has 1 rings (SSSR count). The van der Waals surface area contributed by atoms with E-state index in [1.54, 1.807) is 26.8 Å². The van der Waals surface area contributed by atoms with E-state index in [-0.39, 0.29) is 11.1 Å². The fraction of sp³-hybridized carbons (Fsp3) is 0.417. The maximum atomic E-state index is 11.9. The normalized spacial score (nSPS) is 12.3. The predicted molar refractivity (Wildman–Crippen MR) is 67.7 cm³/mol. The van der Waals surface area contributed by atoms with Crippen molar-refractivity contribution in [1.82, 2.24) is 10.3 Å². The third-order valence-corrected chi connectivity index (χ3v) is 2.60. The molecule has 0 saturated heterocycles. The van der Waals surface area contributed by atoms with Crippen LogP contribution in [0.25, 0.3) is 0 Å². The Balaban J connectivity index is 2.90. The van der Waals surface area contributed by atoms with E-state index in [1.165, 1.54) is 6.07 Å². The number of halogens is 1. The Kier molecular flexibility index (Phi) is 4.67. The molecule has 1 aromatic rings. The van der Waals surface area contributed by atoms with Crippen molar-refractivity contribution in [3.63, 3.8) is 0 Å². The van der Waals surface area contributed by atoms with E-state index in [9.17, 15) is 9.59 Å². The second-order valence-electron chi connectivity index (χ2n) is 4.35. The first kappa shape index (κ1) is 14.4. The summed E-state index contributed by atoms with van der Waals surface area (Å²) < 4.78 is 0. The zero-order valence-corrected chi connectivity index (χ0v) is 11.2. The average Bonchev–Trinajstić information content (AvgIpc) is 2.23. The van der Waals surface area contributed by atoms with E-state index in [4.69, 9.17) is 16.7 Å². The van der Waals surface area contributed by atoms with E-state index in [1.807, 2.05) is 0 Å². The second kappa shape index (κ2) is 5.82. The molecule has 18 heavy (non-hydrogen) atoms. The molecule has 0 saturated carbocycles. The highest BCUT2D eigenvalue weighted by Crippen LogP contribution is 2.11. The SMILES string of the molecule is Cc1cc(C(=O)N[C@H](C(=O)O)C(C)C)cc(Cl)n1. The van der Waals surface area contributed by atoms with Gasteiger partial charge in [-0.05, 0) is 25.0 Å².